The lowest BCUT2D eigenvalue weighted by atomic mass is 10.1. The number of ether oxygens (including phenoxy) is 2. The van der Waals surface area contributed by atoms with E-state index in [0.29, 0.717) is 31.9 Å². The van der Waals surface area contributed by atoms with E-state index in [2.05, 4.69) is 15.4 Å². The van der Waals surface area contributed by atoms with Crippen LogP contribution in [0.15, 0.2) is 48.5 Å². The van der Waals surface area contributed by atoms with Crippen LogP contribution in [0, 0.1) is 11.3 Å². The van der Waals surface area contributed by atoms with Gasteiger partial charge in [0.2, 0.25) is 0 Å². The smallest absolute Gasteiger partial charge is 0.406 e. The molecule has 0 aliphatic rings. The molecule has 2 rings (SSSR count). The monoisotopic (exact) mass is 407 g/mol. The first-order valence-corrected chi connectivity index (χ1v) is 9.33. The number of hydrogen-bond donors (Lipinski definition) is 2. The Kier molecular flexibility index (Phi) is 9.28. The van der Waals surface area contributed by atoms with Gasteiger partial charge in [0, 0.05) is 25.4 Å². The fraction of sp³-hybridized carbons (Fsp3) is 0.381. The minimum absolute atomic E-state index is 0.126. The second-order valence-corrected chi connectivity index (χ2v) is 6.31. The van der Waals surface area contributed by atoms with Crippen molar-refractivity contribution in [1.82, 2.24) is 5.32 Å². The van der Waals surface area contributed by atoms with Gasteiger partial charge in [-0.3, -0.25) is 0 Å². The number of nitrogens with one attached hydrogen (secondary N) is 2. The van der Waals surface area contributed by atoms with E-state index >= 15 is 0 Å². The minimum Gasteiger partial charge on any atom is -0.406 e. The Morgan fingerprint density at radius 1 is 0.966 bits per heavy atom. The summed E-state index contributed by atoms with van der Waals surface area (Å²) in [7, 11) is 0. The Morgan fingerprint density at radius 3 is 2.48 bits per heavy atom. The molecule has 29 heavy (non-hydrogen) atoms. The van der Waals surface area contributed by atoms with E-state index in [1.165, 1.54) is 6.07 Å². The van der Waals surface area contributed by atoms with E-state index < -0.39 is 6.36 Å². The Morgan fingerprint density at radius 2 is 1.76 bits per heavy atom. The predicted molar refractivity (Wildman–Crippen MR) is 105 cm³/mol. The summed E-state index contributed by atoms with van der Waals surface area (Å²) in [5, 5.41) is 15.4. The van der Waals surface area contributed by atoms with Crippen molar-refractivity contribution in [3.63, 3.8) is 0 Å². The maximum absolute atomic E-state index is 12.4. The maximum Gasteiger partial charge on any atom is 0.573 e. The van der Waals surface area contributed by atoms with E-state index in [9.17, 15) is 13.2 Å². The number of nitrogens with zero attached hydrogens (tertiary/aromatic N) is 1. The highest BCUT2D eigenvalue weighted by molar-refractivity contribution is 5.42. The summed E-state index contributed by atoms with van der Waals surface area (Å²) in [5.74, 6) is -0.383. The lowest BCUT2D eigenvalue weighted by molar-refractivity contribution is -0.274. The van der Waals surface area contributed by atoms with Crippen LogP contribution in [0.1, 0.15) is 24.0 Å². The Bertz CT molecular complexity index is 777. The van der Waals surface area contributed by atoms with Crippen molar-refractivity contribution in [3.05, 3.63) is 59.7 Å². The van der Waals surface area contributed by atoms with Crippen LogP contribution in [0.5, 0.6) is 5.75 Å². The topological polar surface area (TPSA) is 66.3 Å². The summed E-state index contributed by atoms with van der Waals surface area (Å²) in [4.78, 5) is 0. The third-order valence-electron chi connectivity index (χ3n) is 3.90. The Hall–Kier alpha value is -2.76. The van der Waals surface area contributed by atoms with Gasteiger partial charge >= 0.3 is 6.36 Å². The average Bonchev–Trinajstić information content (AvgIpc) is 2.68. The Labute approximate surface area is 168 Å². The molecule has 156 valence electrons. The van der Waals surface area contributed by atoms with E-state index in [4.69, 9.17) is 10.00 Å². The highest BCUT2D eigenvalue weighted by atomic mass is 19.4. The van der Waals surface area contributed by atoms with Crippen molar-refractivity contribution < 1.29 is 22.6 Å². The van der Waals surface area contributed by atoms with Crippen molar-refractivity contribution in [2.45, 2.75) is 25.7 Å². The molecule has 8 heteroatoms. The molecule has 0 heterocycles. The second-order valence-electron chi connectivity index (χ2n) is 6.31. The van der Waals surface area contributed by atoms with E-state index in [0.717, 1.165) is 31.1 Å². The van der Waals surface area contributed by atoms with Crippen LogP contribution < -0.4 is 15.4 Å². The number of para-hydroxylation sites is 1. The molecule has 5 nitrogen and oxygen atoms in total. The Balaban J connectivity index is 1.57. The first-order chi connectivity index (χ1) is 14.0. The first kappa shape index (κ1) is 22.5. The molecule has 0 bridgehead atoms. The van der Waals surface area contributed by atoms with Gasteiger partial charge < -0.3 is 20.1 Å². The number of unbranched alkanes of at least 4 members (excludes halogenated alkanes) is 1. The molecule has 0 fully saturated rings. The van der Waals surface area contributed by atoms with Gasteiger partial charge in [0.05, 0.1) is 18.2 Å². The van der Waals surface area contributed by atoms with Crippen molar-refractivity contribution in [2.24, 2.45) is 0 Å². The third kappa shape index (κ3) is 9.83. The van der Waals surface area contributed by atoms with E-state index in [-0.39, 0.29) is 11.3 Å². The number of nitriles is 1. The van der Waals surface area contributed by atoms with Gasteiger partial charge in [-0.1, -0.05) is 18.2 Å². The fourth-order valence-electron chi connectivity index (χ4n) is 2.63. The number of benzene rings is 2. The molecule has 2 N–H and O–H groups in total. The molecule has 0 atom stereocenters. The van der Waals surface area contributed by atoms with Crippen molar-refractivity contribution >= 4 is 5.69 Å². The number of hydrogen-bond acceptors (Lipinski definition) is 5. The molecule has 0 radical (unpaired) electrons. The van der Waals surface area contributed by atoms with Crippen LogP contribution in [0.25, 0.3) is 0 Å². The normalized spacial score (nSPS) is 11.1. The molecule has 0 spiro atoms. The summed E-state index contributed by atoms with van der Waals surface area (Å²) in [6.07, 6.45) is -3.04. The number of alkyl halides is 3. The molecular formula is C21H24F3N3O2. The van der Waals surface area contributed by atoms with Gasteiger partial charge in [0.25, 0.3) is 0 Å². The molecule has 0 amide bonds. The zero-order valence-corrected chi connectivity index (χ0v) is 16.0. The van der Waals surface area contributed by atoms with Gasteiger partial charge in [-0.25, -0.2) is 0 Å². The zero-order chi connectivity index (χ0) is 21.0. The highest BCUT2D eigenvalue weighted by Gasteiger charge is 2.31. The van der Waals surface area contributed by atoms with Crippen molar-refractivity contribution in [2.75, 3.05) is 31.6 Å². The largest absolute Gasteiger partial charge is 0.573 e. The molecule has 0 aliphatic carbocycles. The number of rotatable bonds is 12. The van der Waals surface area contributed by atoms with Crippen LogP contribution in [0.2, 0.25) is 0 Å². The summed E-state index contributed by atoms with van der Waals surface area (Å²) < 4.78 is 46.6. The van der Waals surface area contributed by atoms with Crippen LogP contribution in [-0.2, 0) is 11.3 Å². The van der Waals surface area contributed by atoms with Crippen LogP contribution in [0.4, 0.5) is 18.9 Å². The van der Waals surface area contributed by atoms with Crippen molar-refractivity contribution in [1.29, 1.82) is 5.26 Å². The molecular weight excluding hydrogens is 383 g/mol. The molecule has 2 aromatic carbocycles. The number of halogens is 3. The standard InChI is InChI=1S/C21H24F3N3O2/c22-21(23,24)29-20-13-17(15-25)12-18(14-20)16-26-8-4-5-10-28-11-9-27-19-6-2-1-3-7-19/h1-3,6-7,12-14,26-27H,4-5,8-11,16H2. The average molecular weight is 407 g/mol. The summed E-state index contributed by atoms with van der Waals surface area (Å²) in [6, 6.07) is 15.6. The lowest BCUT2D eigenvalue weighted by Crippen LogP contribution is -2.18. The molecule has 0 aromatic heterocycles. The molecule has 0 saturated carbocycles. The van der Waals surface area contributed by atoms with Crippen molar-refractivity contribution in [3.8, 4) is 11.8 Å². The van der Waals surface area contributed by atoms with Gasteiger partial charge in [0.1, 0.15) is 5.75 Å². The van der Waals surface area contributed by atoms with Crippen LogP contribution in [-0.4, -0.2) is 32.7 Å². The summed E-state index contributed by atoms with van der Waals surface area (Å²) >= 11 is 0. The molecule has 0 saturated heterocycles. The summed E-state index contributed by atoms with van der Waals surface area (Å²) in [6.45, 7) is 3.04. The SMILES string of the molecule is N#Cc1cc(CNCCCCOCCNc2ccccc2)cc(OC(F)(F)F)c1. The lowest BCUT2D eigenvalue weighted by Gasteiger charge is -2.11. The molecule has 0 unspecified atom stereocenters. The highest BCUT2D eigenvalue weighted by Crippen LogP contribution is 2.25. The third-order valence-corrected chi connectivity index (χ3v) is 3.90. The fourth-order valence-corrected chi connectivity index (χ4v) is 2.63. The van der Waals surface area contributed by atoms with Gasteiger partial charge in [-0.15, -0.1) is 13.2 Å². The van der Waals surface area contributed by atoms with Crippen LogP contribution >= 0.6 is 0 Å². The van der Waals surface area contributed by atoms with Gasteiger partial charge in [-0.05, 0) is 55.3 Å². The predicted octanol–water partition coefficient (Wildman–Crippen LogP) is 4.46. The van der Waals surface area contributed by atoms with Gasteiger partial charge in [0.15, 0.2) is 0 Å². The van der Waals surface area contributed by atoms with E-state index in [1.54, 1.807) is 6.07 Å². The summed E-state index contributed by atoms with van der Waals surface area (Å²) in [5.41, 5.74) is 1.75. The first-order valence-electron chi connectivity index (χ1n) is 9.33. The maximum atomic E-state index is 12.4. The quantitative estimate of drug-likeness (QED) is 0.509. The number of anilines is 1. The van der Waals surface area contributed by atoms with E-state index in [1.807, 2.05) is 36.4 Å². The molecule has 0 aliphatic heterocycles. The zero-order valence-electron chi connectivity index (χ0n) is 16.0. The minimum atomic E-state index is -4.78. The second kappa shape index (κ2) is 11.9. The van der Waals surface area contributed by atoms with Gasteiger partial charge in [-0.2, -0.15) is 5.26 Å². The van der Waals surface area contributed by atoms with Crippen LogP contribution in [0.3, 0.4) is 0 Å². The molecule has 2 aromatic rings.